The van der Waals surface area contributed by atoms with Crippen molar-refractivity contribution < 1.29 is 9.53 Å². The molecule has 1 saturated heterocycles. The smallest absolute Gasteiger partial charge is 0.235 e. The molecular formula is C21H21N5O2S3. The molecular weight excluding hydrogens is 450 g/mol. The van der Waals surface area contributed by atoms with E-state index in [4.69, 9.17) is 4.74 Å². The second-order valence-corrected chi connectivity index (χ2v) is 10.5. The van der Waals surface area contributed by atoms with Gasteiger partial charge in [-0.3, -0.25) is 9.36 Å². The van der Waals surface area contributed by atoms with Gasteiger partial charge < -0.3 is 10.1 Å². The lowest BCUT2D eigenvalue weighted by molar-refractivity contribution is -0.113. The van der Waals surface area contributed by atoms with E-state index >= 15 is 0 Å². The van der Waals surface area contributed by atoms with E-state index in [9.17, 15) is 10.1 Å². The van der Waals surface area contributed by atoms with Gasteiger partial charge in [0.05, 0.1) is 28.8 Å². The van der Waals surface area contributed by atoms with Gasteiger partial charge in [-0.05, 0) is 49.1 Å². The van der Waals surface area contributed by atoms with Crippen LogP contribution in [-0.4, -0.2) is 39.1 Å². The second kappa shape index (κ2) is 9.12. The summed E-state index contributed by atoms with van der Waals surface area (Å²) < 4.78 is 7.89. The number of thioether (sulfide) groups is 1. The number of hydrogen-bond donors (Lipinski definition) is 1. The molecule has 31 heavy (non-hydrogen) atoms. The quantitative estimate of drug-likeness (QED) is 0.515. The molecule has 10 heteroatoms. The molecule has 7 nitrogen and oxygen atoms in total. The van der Waals surface area contributed by atoms with Crippen LogP contribution in [0.4, 0.5) is 5.00 Å². The van der Waals surface area contributed by atoms with Crippen LogP contribution in [-0.2, 0) is 28.9 Å². The van der Waals surface area contributed by atoms with E-state index in [-0.39, 0.29) is 17.8 Å². The molecule has 1 N–H and O–H groups in total. The molecule has 0 bridgehead atoms. The van der Waals surface area contributed by atoms with Crippen molar-refractivity contribution in [3.05, 3.63) is 33.5 Å². The van der Waals surface area contributed by atoms with Crippen LogP contribution in [0.15, 0.2) is 22.7 Å². The van der Waals surface area contributed by atoms with Crippen molar-refractivity contribution in [2.45, 2.75) is 49.9 Å². The molecule has 1 amide bonds. The minimum absolute atomic E-state index is 0.134. The molecule has 1 atom stereocenters. The van der Waals surface area contributed by atoms with Crippen LogP contribution in [0, 0.1) is 11.3 Å². The van der Waals surface area contributed by atoms with Gasteiger partial charge in [0.15, 0.2) is 11.0 Å². The summed E-state index contributed by atoms with van der Waals surface area (Å²) in [6.07, 6.45) is 5.25. The number of thiophene rings is 2. The zero-order valence-corrected chi connectivity index (χ0v) is 19.2. The summed E-state index contributed by atoms with van der Waals surface area (Å²) in [5, 5.41) is 24.6. The molecule has 1 aliphatic heterocycles. The first-order valence-electron chi connectivity index (χ1n) is 10.3. The van der Waals surface area contributed by atoms with Crippen molar-refractivity contribution in [3.63, 3.8) is 0 Å². The Bertz CT molecular complexity index is 1120. The Balaban J connectivity index is 1.30. The maximum Gasteiger partial charge on any atom is 0.235 e. The second-order valence-electron chi connectivity index (χ2n) is 7.54. The standard InChI is InChI=1S/C21H21N5O2S3/c22-10-15-14-5-1-6-16(14)31-20(15)23-18(27)12-30-21-25-24-19(17-7-3-9-29-17)26(21)11-13-4-2-8-28-13/h3,7,9,13H,1-2,4-6,8,11-12H2,(H,23,27)/t13-/m0/s1. The Morgan fingerprint density at radius 2 is 2.32 bits per heavy atom. The minimum Gasteiger partial charge on any atom is -0.376 e. The van der Waals surface area contributed by atoms with Gasteiger partial charge in [0.2, 0.25) is 5.91 Å². The third kappa shape index (κ3) is 4.28. The lowest BCUT2D eigenvalue weighted by Gasteiger charge is -2.14. The monoisotopic (exact) mass is 471 g/mol. The van der Waals surface area contributed by atoms with E-state index in [1.165, 1.54) is 28.0 Å². The molecule has 0 saturated carbocycles. The third-order valence-corrected chi connectivity index (χ3v) is 8.53. The number of amides is 1. The van der Waals surface area contributed by atoms with Crippen LogP contribution in [0.3, 0.4) is 0 Å². The van der Waals surface area contributed by atoms with Crippen LogP contribution in [0.2, 0.25) is 0 Å². The Kier molecular flexibility index (Phi) is 6.09. The number of aromatic nitrogens is 3. The predicted molar refractivity (Wildman–Crippen MR) is 123 cm³/mol. The highest BCUT2D eigenvalue weighted by Gasteiger charge is 2.25. The zero-order chi connectivity index (χ0) is 21.2. The largest absolute Gasteiger partial charge is 0.376 e. The molecule has 160 valence electrons. The number of carbonyl (C=O) groups is 1. The topological polar surface area (TPSA) is 92.8 Å². The Morgan fingerprint density at radius 1 is 1.39 bits per heavy atom. The van der Waals surface area contributed by atoms with Crippen LogP contribution >= 0.6 is 34.4 Å². The summed E-state index contributed by atoms with van der Waals surface area (Å²) in [6, 6.07) is 6.30. The number of nitrogens with one attached hydrogen (secondary N) is 1. The zero-order valence-electron chi connectivity index (χ0n) is 16.8. The Labute approximate surface area is 192 Å². The fourth-order valence-corrected chi connectivity index (χ4v) is 6.76. The fourth-order valence-electron chi connectivity index (χ4n) is 4.04. The molecule has 0 unspecified atom stereocenters. The number of rotatable bonds is 7. The summed E-state index contributed by atoms with van der Waals surface area (Å²) in [4.78, 5) is 14.9. The number of carbonyl (C=O) groups excluding carboxylic acids is 1. The average Bonchev–Trinajstić information content (AvgIpc) is 3.55. The molecule has 1 aliphatic carbocycles. The van der Waals surface area contributed by atoms with Crippen molar-refractivity contribution in [2.24, 2.45) is 0 Å². The van der Waals surface area contributed by atoms with Gasteiger partial charge in [-0.25, -0.2) is 0 Å². The lowest BCUT2D eigenvalue weighted by Crippen LogP contribution is -2.18. The van der Waals surface area contributed by atoms with Crippen LogP contribution in [0.5, 0.6) is 0 Å². The Hall–Kier alpha value is -2.19. The van der Waals surface area contributed by atoms with Gasteiger partial charge in [-0.15, -0.1) is 32.9 Å². The van der Waals surface area contributed by atoms with Gasteiger partial charge in [0.25, 0.3) is 0 Å². The van der Waals surface area contributed by atoms with Gasteiger partial charge in [-0.2, -0.15) is 5.26 Å². The molecule has 4 heterocycles. The fraction of sp³-hybridized carbons (Fsp3) is 0.429. The van der Waals surface area contributed by atoms with Gasteiger partial charge in [0, 0.05) is 11.5 Å². The molecule has 0 aromatic carbocycles. The number of nitriles is 1. The molecule has 0 spiro atoms. The number of ether oxygens (including phenoxy) is 1. The van der Waals surface area contributed by atoms with E-state index < -0.39 is 0 Å². The molecule has 0 radical (unpaired) electrons. The maximum atomic E-state index is 12.7. The van der Waals surface area contributed by atoms with Crippen LogP contribution in [0.1, 0.15) is 35.3 Å². The number of anilines is 1. The molecule has 5 rings (SSSR count). The minimum atomic E-state index is -0.134. The first kappa shape index (κ1) is 20.7. The first-order chi connectivity index (χ1) is 15.2. The SMILES string of the molecule is N#Cc1c(NC(=O)CSc2nnc(-c3cccs3)n2C[C@@H]2CCCO2)sc2c1CCC2. The Morgan fingerprint density at radius 3 is 3.10 bits per heavy atom. The first-order valence-corrected chi connectivity index (χ1v) is 13.0. The van der Waals surface area contributed by atoms with Crippen LogP contribution in [0.25, 0.3) is 10.7 Å². The summed E-state index contributed by atoms with van der Waals surface area (Å²) in [7, 11) is 0. The highest BCUT2D eigenvalue weighted by Crippen LogP contribution is 2.38. The van der Waals surface area contributed by atoms with Gasteiger partial charge >= 0.3 is 0 Å². The molecule has 1 fully saturated rings. The number of fused-ring (bicyclic) bond motifs is 1. The van der Waals surface area contributed by atoms with Crippen molar-refractivity contribution in [1.82, 2.24) is 14.8 Å². The average molecular weight is 472 g/mol. The van der Waals surface area contributed by atoms with Crippen LogP contribution < -0.4 is 5.32 Å². The molecule has 3 aromatic rings. The number of hydrogen-bond acceptors (Lipinski definition) is 8. The summed E-state index contributed by atoms with van der Waals surface area (Å²) in [6.45, 7) is 1.47. The summed E-state index contributed by atoms with van der Waals surface area (Å²) in [5.74, 6) is 0.891. The third-order valence-electron chi connectivity index (χ3n) is 5.49. The highest BCUT2D eigenvalue weighted by molar-refractivity contribution is 7.99. The van der Waals surface area contributed by atoms with Crippen molar-refractivity contribution in [1.29, 1.82) is 5.26 Å². The molecule has 3 aromatic heterocycles. The number of nitrogens with zero attached hydrogens (tertiary/aromatic N) is 4. The van der Waals surface area contributed by atoms with E-state index in [2.05, 4.69) is 26.2 Å². The number of aryl methyl sites for hydroxylation is 1. The lowest BCUT2D eigenvalue weighted by atomic mass is 10.1. The summed E-state index contributed by atoms with van der Waals surface area (Å²) in [5.41, 5.74) is 1.75. The summed E-state index contributed by atoms with van der Waals surface area (Å²) >= 11 is 4.53. The maximum absolute atomic E-state index is 12.7. The van der Waals surface area contributed by atoms with Gasteiger partial charge in [0.1, 0.15) is 11.1 Å². The van der Waals surface area contributed by atoms with E-state index in [1.807, 2.05) is 17.5 Å². The van der Waals surface area contributed by atoms with E-state index in [0.717, 1.165) is 55.0 Å². The van der Waals surface area contributed by atoms with Crippen molar-refractivity contribution >= 4 is 45.3 Å². The van der Waals surface area contributed by atoms with E-state index in [0.29, 0.717) is 22.3 Å². The molecule has 2 aliphatic rings. The van der Waals surface area contributed by atoms with Crippen molar-refractivity contribution in [3.8, 4) is 16.8 Å². The normalized spacial score (nSPS) is 17.6. The highest BCUT2D eigenvalue weighted by atomic mass is 32.2. The van der Waals surface area contributed by atoms with Gasteiger partial charge in [-0.1, -0.05) is 17.8 Å². The predicted octanol–water partition coefficient (Wildman–Crippen LogP) is 4.34. The van der Waals surface area contributed by atoms with Crippen molar-refractivity contribution in [2.75, 3.05) is 17.7 Å². The van der Waals surface area contributed by atoms with E-state index in [1.54, 1.807) is 11.3 Å².